The van der Waals surface area contributed by atoms with Crippen molar-refractivity contribution in [3.05, 3.63) is 106 Å². The molecule has 0 saturated heterocycles. The van der Waals surface area contributed by atoms with Crippen molar-refractivity contribution in [3.63, 3.8) is 0 Å². The van der Waals surface area contributed by atoms with Gasteiger partial charge in [0.1, 0.15) is 6.04 Å². The third-order valence-electron chi connectivity index (χ3n) is 5.18. The number of aryl methyl sites for hydroxylation is 2. The Bertz CT molecular complexity index is 1030. The Morgan fingerprint density at radius 2 is 1.43 bits per heavy atom. The average molecular weight is 428 g/mol. The van der Waals surface area contributed by atoms with E-state index in [0.717, 1.165) is 17.2 Å². The number of rotatable bonds is 4. The maximum Gasteiger partial charge on any atom is 0.192 e. The summed E-state index contributed by atoms with van der Waals surface area (Å²) in [6.45, 7) is 4.48. The Labute approximate surface area is 181 Å². The fraction of sp³-hybridized carbons (Fsp3) is 0.208. The standard InChI is InChI=1S/C24H23F2N3.ClH/c1-15-3-8-18(9-4-15)22-23(19-10-5-16(2)6-11-19)29-24(28-22)27-14-17-7-12-20(25)21(26)13-17;/h3-13,22-23H,14H2,1-2H3,(H2,27,28,29);1H/t22-,23+;. The molecule has 0 amide bonds. The van der Waals surface area contributed by atoms with Crippen LogP contribution in [0.25, 0.3) is 0 Å². The van der Waals surface area contributed by atoms with Gasteiger partial charge in [-0.25, -0.2) is 13.8 Å². The largest absolute Gasteiger partial charge is 0.352 e. The number of hydrogen-bond donors (Lipinski definition) is 2. The summed E-state index contributed by atoms with van der Waals surface area (Å²) >= 11 is 0. The van der Waals surface area contributed by atoms with Crippen LogP contribution in [0.4, 0.5) is 8.78 Å². The van der Waals surface area contributed by atoms with Crippen LogP contribution in [0.1, 0.15) is 39.9 Å². The molecule has 30 heavy (non-hydrogen) atoms. The van der Waals surface area contributed by atoms with Gasteiger partial charge in [0.2, 0.25) is 0 Å². The summed E-state index contributed by atoms with van der Waals surface area (Å²) in [5, 5.41) is 6.67. The minimum absolute atomic E-state index is 0. The third kappa shape index (κ3) is 4.79. The summed E-state index contributed by atoms with van der Waals surface area (Å²) < 4.78 is 26.6. The molecule has 4 rings (SSSR count). The Kier molecular flexibility index (Phi) is 6.73. The number of hydrogen-bond acceptors (Lipinski definition) is 3. The summed E-state index contributed by atoms with van der Waals surface area (Å²) in [5.41, 5.74) is 5.33. The van der Waals surface area contributed by atoms with Gasteiger partial charge in [-0.1, -0.05) is 65.7 Å². The Balaban J connectivity index is 0.00000256. The second-order valence-corrected chi connectivity index (χ2v) is 7.47. The van der Waals surface area contributed by atoms with Crippen LogP contribution < -0.4 is 10.6 Å². The molecule has 6 heteroatoms. The second kappa shape index (κ2) is 9.26. The molecule has 0 spiro atoms. The molecule has 3 aromatic rings. The Morgan fingerprint density at radius 3 is 2.03 bits per heavy atom. The molecule has 0 aromatic heterocycles. The first-order chi connectivity index (χ1) is 14.0. The molecule has 0 saturated carbocycles. The van der Waals surface area contributed by atoms with Gasteiger partial charge in [-0.2, -0.15) is 0 Å². The zero-order valence-corrected chi connectivity index (χ0v) is 17.6. The molecule has 0 bridgehead atoms. The van der Waals surface area contributed by atoms with Crippen molar-refractivity contribution < 1.29 is 8.78 Å². The number of nitrogens with zero attached hydrogens (tertiary/aromatic N) is 1. The normalized spacial score (nSPS) is 17.7. The van der Waals surface area contributed by atoms with Crippen LogP contribution in [0.15, 0.2) is 71.7 Å². The van der Waals surface area contributed by atoms with E-state index in [9.17, 15) is 8.78 Å². The van der Waals surface area contributed by atoms with E-state index in [1.807, 2.05) is 0 Å². The fourth-order valence-corrected chi connectivity index (χ4v) is 3.48. The maximum absolute atomic E-state index is 13.5. The van der Waals surface area contributed by atoms with Crippen molar-refractivity contribution in [2.24, 2.45) is 4.99 Å². The predicted molar refractivity (Wildman–Crippen MR) is 119 cm³/mol. The molecule has 3 nitrogen and oxygen atoms in total. The van der Waals surface area contributed by atoms with Gasteiger partial charge in [-0.15, -0.1) is 12.4 Å². The van der Waals surface area contributed by atoms with Crippen LogP contribution in [0.3, 0.4) is 0 Å². The van der Waals surface area contributed by atoms with Crippen LogP contribution in [0.5, 0.6) is 0 Å². The Morgan fingerprint density at radius 1 is 0.833 bits per heavy atom. The lowest BCUT2D eigenvalue weighted by Crippen LogP contribution is -2.35. The van der Waals surface area contributed by atoms with Crippen LogP contribution in [-0.4, -0.2) is 5.96 Å². The molecule has 156 valence electrons. The van der Waals surface area contributed by atoms with Crippen LogP contribution in [-0.2, 0) is 6.54 Å². The third-order valence-corrected chi connectivity index (χ3v) is 5.18. The smallest absolute Gasteiger partial charge is 0.192 e. The van der Waals surface area contributed by atoms with E-state index in [0.29, 0.717) is 18.1 Å². The molecule has 0 radical (unpaired) electrons. The molecule has 1 aliphatic rings. The lowest BCUT2D eigenvalue weighted by molar-refractivity contribution is 0.506. The molecule has 2 atom stereocenters. The summed E-state index contributed by atoms with van der Waals surface area (Å²) in [5.74, 6) is -1.05. The van der Waals surface area contributed by atoms with E-state index in [4.69, 9.17) is 4.99 Å². The summed E-state index contributed by atoms with van der Waals surface area (Å²) in [7, 11) is 0. The van der Waals surface area contributed by atoms with E-state index in [2.05, 4.69) is 73.0 Å². The lowest BCUT2D eigenvalue weighted by Gasteiger charge is -2.20. The Hall–Kier alpha value is -2.92. The number of benzene rings is 3. The second-order valence-electron chi connectivity index (χ2n) is 7.47. The van der Waals surface area contributed by atoms with Gasteiger partial charge < -0.3 is 10.6 Å². The molecule has 1 aliphatic heterocycles. The van der Waals surface area contributed by atoms with E-state index >= 15 is 0 Å². The highest BCUT2D eigenvalue weighted by Gasteiger charge is 2.31. The van der Waals surface area contributed by atoms with Crippen molar-refractivity contribution >= 4 is 18.4 Å². The molecular formula is C24H24ClF2N3. The van der Waals surface area contributed by atoms with Gasteiger partial charge in [0, 0.05) is 6.54 Å². The van der Waals surface area contributed by atoms with Gasteiger partial charge >= 0.3 is 0 Å². The average Bonchev–Trinajstić information content (AvgIpc) is 3.14. The van der Waals surface area contributed by atoms with E-state index in [1.165, 1.54) is 17.2 Å². The molecule has 0 aliphatic carbocycles. The summed E-state index contributed by atoms with van der Waals surface area (Å²) in [4.78, 5) is 4.85. The number of nitrogens with one attached hydrogen (secondary N) is 2. The van der Waals surface area contributed by atoms with Gasteiger partial charge in [0.15, 0.2) is 17.6 Å². The SMILES string of the molecule is Cc1ccc([C@H]2NC(NCc3ccc(F)c(F)c3)=N[C@H]2c2ccc(C)cc2)cc1.Cl. The van der Waals surface area contributed by atoms with Gasteiger partial charge in [0.25, 0.3) is 0 Å². The number of aliphatic imine (C=N–C) groups is 1. The topological polar surface area (TPSA) is 36.4 Å². The van der Waals surface area contributed by atoms with E-state index < -0.39 is 11.6 Å². The van der Waals surface area contributed by atoms with Crippen molar-refractivity contribution in [2.45, 2.75) is 32.5 Å². The summed E-state index contributed by atoms with van der Waals surface area (Å²) in [6.07, 6.45) is 0. The molecule has 3 aromatic carbocycles. The quantitative estimate of drug-likeness (QED) is 0.574. The van der Waals surface area contributed by atoms with Crippen molar-refractivity contribution in [1.29, 1.82) is 0 Å². The lowest BCUT2D eigenvalue weighted by atomic mass is 9.94. The first-order valence-electron chi connectivity index (χ1n) is 9.65. The minimum Gasteiger partial charge on any atom is -0.352 e. The molecule has 0 fully saturated rings. The van der Waals surface area contributed by atoms with Crippen molar-refractivity contribution in [1.82, 2.24) is 10.6 Å². The zero-order chi connectivity index (χ0) is 20.4. The highest BCUT2D eigenvalue weighted by Crippen LogP contribution is 2.36. The fourth-order valence-electron chi connectivity index (χ4n) is 3.48. The molecule has 0 unspecified atom stereocenters. The first kappa shape index (κ1) is 21.8. The van der Waals surface area contributed by atoms with Crippen LogP contribution >= 0.6 is 12.4 Å². The zero-order valence-electron chi connectivity index (χ0n) is 16.8. The minimum atomic E-state index is -0.847. The summed E-state index contributed by atoms with van der Waals surface area (Å²) in [6, 6.07) is 20.6. The van der Waals surface area contributed by atoms with Crippen molar-refractivity contribution in [2.75, 3.05) is 0 Å². The van der Waals surface area contributed by atoms with E-state index in [1.54, 1.807) is 6.07 Å². The maximum atomic E-state index is 13.5. The highest BCUT2D eigenvalue weighted by molar-refractivity contribution is 5.85. The predicted octanol–water partition coefficient (Wildman–Crippen LogP) is 5.53. The van der Waals surface area contributed by atoms with Crippen LogP contribution in [0, 0.1) is 25.5 Å². The highest BCUT2D eigenvalue weighted by atomic mass is 35.5. The number of guanidine groups is 1. The molecular weight excluding hydrogens is 404 g/mol. The monoisotopic (exact) mass is 427 g/mol. The van der Waals surface area contributed by atoms with E-state index in [-0.39, 0.29) is 24.5 Å². The van der Waals surface area contributed by atoms with Crippen molar-refractivity contribution in [3.8, 4) is 0 Å². The van der Waals surface area contributed by atoms with Gasteiger partial charge in [-0.05, 0) is 42.7 Å². The van der Waals surface area contributed by atoms with Gasteiger partial charge in [0.05, 0.1) is 6.04 Å². The number of halogens is 3. The molecule has 1 heterocycles. The molecule has 2 N–H and O–H groups in total. The van der Waals surface area contributed by atoms with Gasteiger partial charge in [-0.3, -0.25) is 0 Å². The first-order valence-corrected chi connectivity index (χ1v) is 9.65. The van der Waals surface area contributed by atoms with Crippen LogP contribution in [0.2, 0.25) is 0 Å².